The first-order valence-corrected chi connectivity index (χ1v) is 13.2. The molecule has 1 saturated heterocycles. The van der Waals surface area contributed by atoms with Gasteiger partial charge in [-0.2, -0.15) is 5.10 Å². The molecular weight excluding hydrogens is 522 g/mol. The zero-order valence-corrected chi connectivity index (χ0v) is 22.0. The lowest BCUT2D eigenvalue weighted by atomic mass is 9.93. The molecule has 206 valence electrons. The summed E-state index contributed by atoms with van der Waals surface area (Å²) in [7, 11) is 0. The summed E-state index contributed by atoms with van der Waals surface area (Å²) in [4.78, 5) is 43.0. The Labute approximate surface area is 234 Å². The average molecular weight is 550 g/mol. The molecule has 2 amide bonds. The van der Waals surface area contributed by atoms with Gasteiger partial charge >= 0.3 is 6.09 Å². The van der Waals surface area contributed by atoms with Crippen molar-refractivity contribution in [2.45, 2.75) is 18.8 Å². The number of carbonyl (C=O) groups excluding carboxylic acids is 1. The number of nitrogen functional groups attached to an aromatic ring is 1. The minimum absolute atomic E-state index is 0.0300. The molecule has 0 saturated carbocycles. The average Bonchev–Trinajstić information content (AvgIpc) is 3.39. The Bertz CT molecular complexity index is 1800. The van der Waals surface area contributed by atoms with E-state index in [4.69, 9.17) is 5.73 Å². The Kier molecular flexibility index (Phi) is 6.68. The van der Waals surface area contributed by atoms with Crippen LogP contribution in [0.15, 0.2) is 90.1 Å². The molecule has 11 nitrogen and oxygen atoms in total. The van der Waals surface area contributed by atoms with Crippen LogP contribution < -0.4 is 16.6 Å². The van der Waals surface area contributed by atoms with Gasteiger partial charge in [-0.15, -0.1) is 0 Å². The van der Waals surface area contributed by atoms with Crippen LogP contribution in [0, 0.1) is 0 Å². The maximum atomic E-state index is 13.0. The molecule has 1 fully saturated rings. The van der Waals surface area contributed by atoms with Gasteiger partial charge in [-0.1, -0.05) is 30.3 Å². The summed E-state index contributed by atoms with van der Waals surface area (Å²) in [6.45, 7) is 0.907. The minimum Gasteiger partial charge on any atom is -0.465 e. The summed E-state index contributed by atoms with van der Waals surface area (Å²) in [5, 5.41) is 16.6. The number of amides is 2. The van der Waals surface area contributed by atoms with Gasteiger partial charge < -0.3 is 21.1 Å². The number of likely N-dealkylation sites (tertiary alicyclic amines) is 1. The number of pyridine rings is 1. The lowest BCUT2D eigenvalue weighted by Crippen LogP contribution is -2.37. The third-order valence-corrected chi connectivity index (χ3v) is 7.47. The van der Waals surface area contributed by atoms with Gasteiger partial charge in [0.15, 0.2) is 5.82 Å². The van der Waals surface area contributed by atoms with Crippen LogP contribution in [0.4, 0.5) is 16.3 Å². The summed E-state index contributed by atoms with van der Waals surface area (Å²) < 4.78 is 3.23. The summed E-state index contributed by atoms with van der Waals surface area (Å²) in [6.07, 6.45) is 3.49. The van der Waals surface area contributed by atoms with Gasteiger partial charge in [-0.3, -0.25) is 14.2 Å². The van der Waals surface area contributed by atoms with E-state index in [2.05, 4.69) is 15.4 Å². The second kappa shape index (κ2) is 10.6. The van der Waals surface area contributed by atoms with E-state index in [9.17, 15) is 19.5 Å². The van der Waals surface area contributed by atoms with E-state index in [0.717, 1.165) is 16.8 Å². The number of carbonyl (C=O) groups is 2. The van der Waals surface area contributed by atoms with Crippen LogP contribution in [0.3, 0.4) is 0 Å². The molecule has 4 heterocycles. The number of nitrogens with zero attached hydrogens (tertiary/aromatic N) is 5. The van der Waals surface area contributed by atoms with Crippen molar-refractivity contribution >= 4 is 29.0 Å². The number of benzene rings is 2. The molecule has 1 aliphatic heterocycles. The highest BCUT2D eigenvalue weighted by Crippen LogP contribution is 2.37. The van der Waals surface area contributed by atoms with E-state index in [-0.39, 0.29) is 11.5 Å². The topological polar surface area (TPSA) is 148 Å². The van der Waals surface area contributed by atoms with Crippen LogP contribution in [0.5, 0.6) is 0 Å². The van der Waals surface area contributed by atoms with Gasteiger partial charge in [0.2, 0.25) is 0 Å². The maximum absolute atomic E-state index is 13.0. The molecule has 0 bridgehead atoms. The van der Waals surface area contributed by atoms with Gasteiger partial charge in [-0.25, -0.2) is 14.3 Å². The second-order valence-corrected chi connectivity index (χ2v) is 9.90. The van der Waals surface area contributed by atoms with E-state index in [1.54, 1.807) is 41.0 Å². The van der Waals surface area contributed by atoms with E-state index < -0.39 is 17.6 Å². The lowest BCUT2D eigenvalue weighted by Gasteiger charge is -2.29. The number of hydrogen-bond donors (Lipinski definition) is 3. The normalized spacial score (nSPS) is 13.8. The zero-order valence-electron chi connectivity index (χ0n) is 22.0. The highest BCUT2D eigenvalue weighted by molar-refractivity contribution is 6.04. The van der Waals surface area contributed by atoms with E-state index in [0.29, 0.717) is 48.6 Å². The molecule has 0 radical (unpaired) electrons. The van der Waals surface area contributed by atoms with Gasteiger partial charge in [0.25, 0.3) is 11.5 Å². The maximum Gasteiger partial charge on any atom is 0.407 e. The smallest absolute Gasteiger partial charge is 0.407 e. The number of fused-ring (bicyclic) bond motifs is 1. The monoisotopic (exact) mass is 549 g/mol. The molecule has 11 heteroatoms. The van der Waals surface area contributed by atoms with Crippen LogP contribution >= 0.6 is 0 Å². The van der Waals surface area contributed by atoms with Crippen LogP contribution in [-0.4, -0.2) is 54.3 Å². The van der Waals surface area contributed by atoms with Crippen LogP contribution in [0.25, 0.3) is 22.3 Å². The first-order valence-electron chi connectivity index (χ1n) is 13.2. The molecule has 5 aromatic rings. The number of anilines is 2. The number of para-hydroxylation sites is 1. The summed E-state index contributed by atoms with van der Waals surface area (Å²) >= 11 is 0. The fourth-order valence-electron chi connectivity index (χ4n) is 5.36. The Hall–Kier alpha value is -5.45. The molecule has 0 atom stereocenters. The number of rotatable bonds is 5. The predicted molar refractivity (Wildman–Crippen MR) is 154 cm³/mol. The van der Waals surface area contributed by atoms with Gasteiger partial charge in [0, 0.05) is 47.8 Å². The van der Waals surface area contributed by atoms with Crippen molar-refractivity contribution in [3.8, 4) is 16.8 Å². The van der Waals surface area contributed by atoms with Crippen LogP contribution in [0.1, 0.15) is 34.8 Å². The van der Waals surface area contributed by atoms with Crippen molar-refractivity contribution in [1.82, 2.24) is 24.1 Å². The minimum atomic E-state index is -0.906. The highest BCUT2D eigenvalue weighted by atomic mass is 16.4. The van der Waals surface area contributed by atoms with E-state index in [1.165, 1.54) is 21.9 Å². The second-order valence-electron chi connectivity index (χ2n) is 9.90. The number of aromatic nitrogens is 4. The van der Waals surface area contributed by atoms with Crippen molar-refractivity contribution in [2.75, 3.05) is 24.1 Å². The summed E-state index contributed by atoms with van der Waals surface area (Å²) in [6, 6.07) is 21.6. The molecular formula is C30H27N7O4. The number of nitrogens with one attached hydrogen (secondary N) is 1. The van der Waals surface area contributed by atoms with Crippen molar-refractivity contribution < 1.29 is 14.7 Å². The molecule has 3 aromatic heterocycles. The van der Waals surface area contributed by atoms with Crippen LogP contribution in [0.2, 0.25) is 0 Å². The third-order valence-electron chi connectivity index (χ3n) is 7.47. The van der Waals surface area contributed by atoms with E-state index in [1.807, 2.05) is 36.4 Å². The predicted octanol–water partition coefficient (Wildman–Crippen LogP) is 4.24. The van der Waals surface area contributed by atoms with Crippen molar-refractivity contribution in [3.05, 3.63) is 107 Å². The fourth-order valence-corrected chi connectivity index (χ4v) is 5.36. The molecule has 6 rings (SSSR count). The molecule has 1 aliphatic rings. The van der Waals surface area contributed by atoms with E-state index >= 15 is 0 Å². The first-order chi connectivity index (χ1) is 19.9. The Morgan fingerprint density at radius 2 is 1.71 bits per heavy atom. The largest absolute Gasteiger partial charge is 0.465 e. The number of nitrogens with two attached hydrogens (primary N) is 1. The quantitative estimate of drug-likeness (QED) is 0.297. The molecule has 4 N–H and O–H groups in total. The Morgan fingerprint density at radius 1 is 0.976 bits per heavy atom. The SMILES string of the molecule is Nc1ncnn2c(C3CCN(C(=O)O)CC3)cc(-c3ccc(NC(=O)c4cccn(-c5ccccc5)c4=O)cc3)c12. The molecule has 0 unspecified atom stereocenters. The van der Waals surface area contributed by atoms with Crippen molar-refractivity contribution in [3.63, 3.8) is 0 Å². The summed E-state index contributed by atoms with van der Waals surface area (Å²) in [5.41, 5.74) is 10.4. The Balaban J connectivity index is 1.26. The molecule has 2 aromatic carbocycles. The van der Waals surface area contributed by atoms with Gasteiger partial charge in [-0.05, 0) is 60.9 Å². The first kappa shape index (κ1) is 25.8. The molecule has 0 spiro atoms. The number of carboxylic acid groups (broad SMARTS) is 1. The highest BCUT2D eigenvalue weighted by Gasteiger charge is 2.27. The fraction of sp³-hybridized carbons (Fsp3) is 0.167. The third kappa shape index (κ3) is 4.89. The molecule has 0 aliphatic carbocycles. The number of piperidine rings is 1. The number of hydrogen-bond acceptors (Lipinski definition) is 6. The van der Waals surface area contributed by atoms with Crippen LogP contribution in [-0.2, 0) is 0 Å². The Morgan fingerprint density at radius 3 is 2.41 bits per heavy atom. The van der Waals surface area contributed by atoms with Gasteiger partial charge in [0.05, 0.1) is 0 Å². The van der Waals surface area contributed by atoms with Gasteiger partial charge in [0.1, 0.15) is 17.4 Å². The van der Waals surface area contributed by atoms with Crippen molar-refractivity contribution in [1.29, 1.82) is 0 Å². The van der Waals surface area contributed by atoms with Crippen molar-refractivity contribution in [2.24, 2.45) is 0 Å². The molecule has 41 heavy (non-hydrogen) atoms. The standard InChI is InChI=1S/C30H27N7O4/c31-27-26-24(17-25(37(26)33-18-32-27)20-12-15-35(16-13-20)30(40)41)19-8-10-21(11-9-19)34-28(38)23-7-4-14-36(29(23)39)22-5-2-1-3-6-22/h1-11,14,17-18,20H,12-13,15-16H2,(H,34,38)(H,40,41)(H2,31,32,33). The zero-order chi connectivity index (χ0) is 28.5. The lowest BCUT2D eigenvalue weighted by molar-refractivity contribution is 0.102. The summed E-state index contributed by atoms with van der Waals surface area (Å²) in [5.74, 6) is -0.0547.